The second-order valence-corrected chi connectivity index (χ2v) is 5.23. The van der Waals surface area contributed by atoms with Gasteiger partial charge in [-0.25, -0.2) is 4.79 Å². The molecule has 0 saturated heterocycles. The van der Waals surface area contributed by atoms with E-state index in [0.29, 0.717) is 22.4 Å². The lowest BCUT2D eigenvalue weighted by molar-refractivity contribution is 0.0527. The van der Waals surface area contributed by atoms with Crippen LogP contribution in [0, 0.1) is 0 Å². The lowest BCUT2D eigenvalue weighted by atomic mass is 9.97. The van der Waals surface area contributed by atoms with Crippen molar-refractivity contribution in [3.63, 3.8) is 0 Å². The van der Waals surface area contributed by atoms with Crippen LogP contribution in [0.2, 0.25) is 0 Å². The molecule has 0 aliphatic carbocycles. The molecule has 0 saturated carbocycles. The van der Waals surface area contributed by atoms with Crippen LogP contribution in [0.4, 0.5) is 0 Å². The van der Waals surface area contributed by atoms with E-state index in [9.17, 15) is 9.59 Å². The fourth-order valence-corrected chi connectivity index (χ4v) is 2.61. The summed E-state index contributed by atoms with van der Waals surface area (Å²) in [5.74, 6) is -0.607. The zero-order valence-electron chi connectivity index (χ0n) is 13.3. The number of esters is 1. The first-order valence-electron chi connectivity index (χ1n) is 7.76. The third-order valence-electron chi connectivity index (χ3n) is 3.70. The highest BCUT2D eigenvalue weighted by Crippen LogP contribution is 2.30. The highest BCUT2D eigenvalue weighted by Gasteiger charge is 2.24. The smallest absolute Gasteiger partial charge is 0.340 e. The summed E-state index contributed by atoms with van der Waals surface area (Å²) in [6.07, 6.45) is 1.54. The van der Waals surface area contributed by atoms with Crippen LogP contribution >= 0.6 is 0 Å². The maximum Gasteiger partial charge on any atom is 0.340 e. The Morgan fingerprint density at radius 3 is 2.21 bits per heavy atom. The highest BCUT2D eigenvalue weighted by molar-refractivity contribution is 6.14. The largest absolute Gasteiger partial charge is 0.462 e. The summed E-state index contributed by atoms with van der Waals surface area (Å²) in [5.41, 5.74) is 2.67. The number of carbonyl (C=O) groups excluding carboxylic acids is 2. The number of hydrogen-bond donors (Lipinski definition) is 1. The average Bonchev–Trinajstić information content (AvgIpc) is 3.08. The minimum absolute atomic E-state index is 0.162. The molecule has 24 heavy (non-hydrogen) atoms. The van der Waals surface area contributed by atoms with E-state index in [2.05, 4.69) is 4.98 Å². The molecule has 0 unspecified atom stereocenters. The fraction of sp³-hybridized carbons (Fsp3) is 0.100. The molecule has 0 radical (unpaired) electrons. The zero-order chi connectivity index (χ0) is 16.9. The van der Waals surface area contributed by atoms with Crippen LogP contribution < -0.4 is 0 Å². The van der Waals surface area contributed by atoms with Crippen molar-refractivity contribution in [2.24, 2.45) is 0 Å². The maximum absolute atomic E-state index is 12.9. The number of aromatic amines is 1. The van der Waals surface area contributed by atoms with Crippen LogP contribution in [0.25, 0.3) is 11.1 Å². The van der Waals surface area contributed by atoms with Crippen LogP contribution in [0.1, 0.15) is 33.3 Å². The molecule has 4 heteroatoms. The van der Waals surface area contributed by atoms with Gasteiger partial charge in [-0.15, -0.1) is 0 Å². The van der Waals surface area contributed by atoms with E-state index in [-0.39, 0.29) is 12.4 Å². The van der Waals surface area contributed by atoms with Crippen molar-refractivity contribution in [3.05, 3.63) is 83.7 Å². The molecule has 1 N–H and O–H groups in total. The standard InChI is InChI=1S/C20H17NO3/c1-2-24-20(23)16-13-21-18(17(16)14-9-5-3-6-10-14)19(22)15-11-7-4-8-12-15/h3-13,21H,2H2,1H3. The summed E-state index contributed by atoms with van der Waals surface area (Å²) in [5, 5.41) is 0. The first-order chi connectivity index (χ1) is 11.7. The molecule has 0 aliphatic heterocycles. The van der Waals surface area contributed by atoms with Crippen molar-refractivity contribution in [3.8, 4) is 11.1 Å². The molecule has 0 bridgehead atoms. The number of carbonyl (C=O) groups is 2. The third-order valence-corrected chi connectivity index (χ3v) is 3.70. The van der Waals surface area contributed by atoms with Gasteiger partial charge in [-0.2, -0.15) is 0 Å². The van der Waals surface area contributed by atoms with Crippen LogP contribution in [-0.2, 0) is 4.74 Å². The zero-order valence-corrected chi connectivity index (χ0v) is 13.3. The number of rotatable bonds is 5. The van der Waals surface area contributed by atoms with Gasteiger partial charge in [-0.1, -0.05) is 60.7 Å². The van der Waals surface area contributed by atoms with Gasteiger partial charge in [-0.3, -0.25) is 4.79 Å². The minimum Gasteiger partial charge on any atom is -0.462 e. The maximum atomic E-state index is 12.9. The molecule has 0 amide bonds. The molecule has 0 aliphatic rings. The molecular formula is C20H17NO3. The molecule has 3 rings (SSSR count). The number of ketones is 1. The monoisotopic (exact) mass is 319 g/mol. The van der Waals surface area contributed by atoms with Crippen LogP contribution in [0.3, 0.4) is 0 Å². The lowest BCUT2D eigenvalue weighted by Crippen LogP contribution is -2.07. The number of H-pyrrole nitrogens is 1. The van der Waals surface area contributed by atoms with E-state index in [1.54, 1.807) is 19.1 Å². The average molecular weight is 319 g/mol. The van der Waals surface area contributed by atoms with E-state index in [1.165, 1.54) is 6.20 Å². The molecule has 0 fully saturated rings. The number of ether oxygens (including phenoxy) is 1. The second kappa shape index (κ2) is 6.96. The molecule has 1 aromatic heterocycles. The van der Waals surface area contributed by atoms with E-state index in [1.807, 2.05) is 48.5 Å². The van der Waals surface area contributed by atoms with Gasteiger partial charge >= 0.3 is 5.97 Å². The number of aromatic nitrogens is 1. The predicted octanol–water partition coefficient (Wildman–Crippen LogP) is 4.09. The molecule has 120 valence electrons. The molecule has 4 nitrogen and oxygen atoms in total. The summed E-state index contributed by atoms with van der Waals surface area (Å²) in [7, 11) is 0. The van der Waals surface area contributed by atoms with Crippen molar-refractivity contribution in [2.45, 2.75) is 6.92 Å². The van der Waals surface area contributed by atoms with E-state index >= 15 is 0 Å². The van der Waals surface area contributed by atoms with Crippen molar-refractivity contribution in [1.82, 2.24) is 4.98 Å². The van der Waals surface area contributed by atoms with Gasteiger partial charge in [0.2, 0.25) is 5.78 Å². The van der Waals surface area contributed by atoms with Gasteiger partial charge in [0.25, 0.3) is 0 Å². The summed E-state index contributed by atoms with van der Waals surface area (Å²) in [4.78, 5) is 28.1. The summed E-state index contributed by atoms with van der Waals surface area (Å²) >= 11 is 0. The number of benzene rings is 2. The number of nitrogens with one attached hydrogen (secondary N) is 1. The summed E-state index contributed by atoms with van der Waals surface area (Å²) in [6.45, 7) is 2.03. The topological polar surface area (TPSA) is 59.2 Å². The van der Waals surface area contributed by atoms with Crippen LogP contribution in [0.15, 0.2) is 66.9 Å². The van der Waals surface area contributed by atoms with Gasteiger partial charge < -0.3 is 9.72 Å². The van der Waals surface area contributed by atoms with Gasteiger partial charge in [0.15, 0.2) is 0 Å². The fourth-order valence-electron chi connectivity index (χ4n) is 2.61. The van der Waals surface area contributed by atoms with E-state index in [4.69, 9.17) is 4.74 Å². The molecule has 3 aromatic rings. The Morgan fingerprint density at radius 1 is 0.958 bits per heavy atom. The van der Waals surface area contributed by atoms with Crippen molar-refractivity contribution < 1.29 is 14.3 Å². The molecule has 2 aromatic carbocycles. The minimum atomic E-state index is -0.445. The molecular weight excluding hydrogens is 302 g/mol. The van der Waals surface area contributed by atoms with Crippen LogP contribution in [0.5, 0.6) is 0 Å². The van der Waals surface area contributed by atoms with Crippen molar-refractivity contribution >= 4 is 11.8 Å². The van der Waals surface area contributed by atoms with E-state index < -0.39 is 5.97 Å². The van der Waals surface area contributed by atoms with Gasteiger partial charge in [-0.05, 0) is 12.5 Å². The number of hydrogen-bond acceptors (Lipinski definition) is 3. The summed E-state index contributed by atoms with van der Waals surface area (Å²) < 4.78 is 5.12. The Hall–Kier alpha value is -3.14. The first kappa shape index (κ1) is 15.7. The molecule has 0 atom stereocenters. The molecule has 0 spiro atoms. The highest BCUT2D eigenvalue weighted by atomic mass is 16.5. The Morgan fingerprint density at radius 2 is 1.58 bits per heavy atom. The lowest BCUT2D eigenvalue weighted by Gasteiger charge is -2.07. The quantitative estimate of drug-likeness (QED) is 0.569. The van der Waals surface area contributed by atoms with E-state index in [0.717, 1.165) is 5.56 Å². The van der Waals surface area contributed by atoms with Gasteiger partial charge in [0.05, 0.1) is 17.9 Å². The van der Waals surface area contributed by atoms with Crippen molar-refractivity contribution in [1.29, 1.82) is 0 Å². The SMILES string of the molecule is CCOC(=O)c1c[nH]c(C(=O)c2ccccc2)c1-c1ccccc1. The Labute approximate surface area is 140 Å². The third kappa shape index (κ3) is 2.99. The second-order valence-electron chi connectivity index (χ2n) is 5.23. The van der Waals surface area contributed by atoms with Gasteiger partial charge in [0.1, 0.15) is 0 Å². The van der Waals surface area contributed by atoms with Crippen molar-refractivity contribution in [2.75, 3.05) is 6.61 Å². The Balaban J connectivity index is 2.13. The molecule has 1 heterocycles. The predicted molar refractivity (Wildman–Crippen MR) is 92.1 cm³/mol. The van der Waals surface area contributed by atoms with Crippen LogP contribution in [-0.4, -0.2) is 23.3 Å². The Kier molecular flexibility index (Phi) is 4.57. The first-order valence-corrected chi connectivity index (χ1v) is 7.76. The van der Waals surface area contributed by atoms with Gasteiger partial charge in [0, 0.05) is 17.3 Å². The Bertz CT molecular complexity index is 851. The summed E-state index contributed by atoms with van der Waals surface area (Å²) in [6, 6.07) is 18.3. The normalized spacial score (nSPS) is 10.4.